The van der Waals surface area contributed by atoms with Crippen LogP contribution in [0.25, 0.3) is 0 Å². The fourth-order valence-electron chi connectivity index (χ4n) is 2.59. The first-order valence-corrected chi connectivity index (χ1v) is 8.05. The molecule has 0 radical (unpaired) electrons. The molecule has 0 amide bonds. The molecule has 0 bridgehead atoms. The van der Waals surface area contributed by atoms with Gasteiger partial charge >= 0.3 is 0 Å². The molecule has 1 nitrogen and oxygen atoms in total. The largest absolute Gasteiger partial charge is 0.299 e. The van der Waals surface area contributed by atoms with Crippen molar-refractivity contribution < 1.29 is 4.79 Å². The molecule has 2 rings (SSSR count). The molecule has 0 aromatic heterocycles. The van der Waals surface area contributed by atoms with Gasteiger partial charge in [-0.1, -0.05) is 43.9 Å². The number of benzene rings is 1. The Balaban J connectivity index is 1.71. The van der Waals surface area contributed by atoms with E-state index in [4.69, 9.17) is 0 Å². The average Bonchev–Trinajstić information content (AvgIpc) is 2.69. The standard InChI is InChI=1S/C16H22OS/c17-16(14-8-4-1-2-5-9-14)12-13-18-15-10-6-3-7-11-15/h3,6-7,10-11,14H,1-2,4-5,8-9,12-13H2. The molecule has 1 aromatic carbocycles. The van der Waals surface area contributed by atoms with Gasteiger partial charge in [0.05, 0.1) is 0 Å². The molecule has 0 heterocycles. The number of carbonyl (C=O) groups is 1. The van der Waals surface area contributed by atoms with E-state index in [1.807, 2.05) is 6.07 Å². The number of rotatable bonds is 5. The van der Waals surface area contributed by atoms with Gasteiger partial charge in [0.1, 0.15) is 5.78 Å². The van der Waals surface area contributed by atoms with Crippen LogP contribution in [0.2, 0.25) is 0 Å². The maximum Gasteiger partial charge on any atom is 0.136 e. The molecule has 0 atom stereocenters. The van der Waals surface area contributed by atoms with E-state index in [0.29, 0.717) is 11.7 Å². The summed E-state index contributed by atoms with van der Waals surface area (Å²) in [6.45, 7) is 0. The molecule has 18 heavy (non-hydrogen) atoms. The van der Waals surface area contributed by atoms with Crippen LogP contribution in [0.15, 0.2) is 35.2 Å². The van der Waals surface area contributed by atoms with Gasteiger partial charge in [0, 0.05) is 23.0 Å². The third-order valence-corrected chi connectivity index (χ3v) is 4.68. The minimum atomic E-state index is 0.365. The molecule has 2 heteroatoms. The number of Topliss-reactive ketones (excluding diaryl/α,β-unsaturated/α-hetero) is 1. The minimum absolute atomic E-state index is 0.365. The molecule has 0 saturated heterocycles. The summed E-state index contributed by atoms with van der Waals surface area (Å²) in [6.07, 6.45) is 8.16. The summed E-state index contributed by atoms with van der Waals surface area (Å²) in [7, 11) is 0. The van der Waals surface area contributed by atoms with Crippen molar-refractivity contribution in [1.82, 2.24) is 0 Å². The SMILES string of the molecule is O=C(CCSc1ccccc1)C1CCCCCC1. The van der Waals surface area contributed by atoms with Gasteiger partial charge < -0.3 is 0 Å². The highest BCUT2D eigenvalue weighted by atomic mass is 32.2. The van der Waals surface area contributed by atoms with Gasteiger partial charge in [0.25, 0.3) is 0 Å². The Morgan fingerprint density at radius 1 is 1.06 bits per heavy atom. The molecular weight excluding hydrogens is 240 g/mol. The van der Waals surface area contributed by atoms with Crippen molar-refractivity contribution in [1.29, 1.82) is 0 Å². The van der Waals surface area contributed by atoms with Crippen LogP contribution in [0.3, 0.4) is 0 Å². The van der Waals surface area contributed by atoms with Gasteiger partial charge in [-0.25, -0.2) is 0 Å². The molecule has 1 fully saturated rings. The van der Waals surface area contributed by atoms with Crippen molar-refractivity contribution in [3.63, 3.8) is 0 Å². The van der Waals surface area contributed by atoms with E-state index in [-0.39, 0.29) is 0 Å². The Bertz CT molecular complexity index is 353. The Labute approximate surface area is 114 Å². The van der Waals surface area contributed by atoms with E-state index in [1.54, 1.807) is 11.8 Å². The second-order valence-corrected chi connectivity index (χ2v) is 6.23. The highest BCUT2D eigenvalue weighted by Crippen LogP contribution is 2.26. The Morgan fingerprint density at radius 3 is 2.39 bits per heavy atom. The molecule has 0 N–H and O–H groups in total. The topological polar surface area (TPSA) is 17.1 Å². The number of hydrogen-bond acceptors (Lipinski definition) is 2. The molecule has 0 spiro atoms. The first kappa shape index (κ1) is 13.7. The Morgan fingerprint density at radius 2 is 1.72 bits per heavy atom. The summed E-state index contributed by atoms with van der Waals surface area (Å²) in [6, 6.07) is 10.4. The smallest absolute Gasteiger partial charge is 0.136 e. The Hall–Kier alpha value is -0.760. The van der Waals surface area contributed by atoms with Gasteiger partial charge in [-0.3, -0.25) is 4.79 Å². The summed E-state index contributed by atoms with van der Waals surface area (Å²) in [5.41, 5.74) is 0. The lowest BCUT2D eigenvalue weighted by atomic mass is 9.94. The highest BCUT2D eigenvalue weighted by molar-refractivity contribution is 7.99. The second kappa shape index (κ2) is 7.63. The van der Waals surface area contributed by atoms with E-state index in [2.05, 4.69) is 24.3 Å². The zero-order chi connectivity index (χ0) is 12.6. The van der Waals surface area contributed by atoms with E-state index in [1.165, 1.54) is 30.6 Å². The average molecular weight is 262 g/mol. The van der Waals surface area contributed by atoms with Gasteiger partial charge in [0.15, 0.2) is 0 Å². The molecule has 0 aliphatic heterocycles. The van der Waals surface area contributed by atoms with E-state index >= 15 is 0 Å². The number of carbonyl (C=O) groups excluding carboxylic acids is 1. The lowest BCUT2D eigenvalue weighted by Crippen LogP contribution is -2.14. The van der Waals surface area contributed by atoms with Crippen LogP contribution >= 0.6 is 11.8 Å². The monoisotopic (exact) mass is 262 g/mol. The minimum Gasteiger partial charge on any atom is -0.299 e. The summed E-state index contributed by atoms with van der Waals surface area (Å²) < 4.78 is 0. The molecule has 1 aliphatic carbocycles. The summed E-state index contributed by atoms with van der Waals surface area (Å²) in [5, 5.41) is 0. The van der Waals surface area contributed by atoms with Crippen molar-refractivity contribution >= 4 is 17.5 Å². The van der Waals surface area contributed by atoms with Crippen molar-refractivity contribution in [2.45, 2.75) is 49.8 Å². The highest BCUT2D eigenvalue weighted by Gasteiger charge is 2.19. The van der Waals surface area contributed by atoms with Gasteiger partial charge in [-0.05, 0) is 25.0 Å². The maximum absolute atomic E-state index is 12.1. The van der Waals surface area contributed by atoms with Gasteiger partial charge in [-0.2, -0.15) is 0 Å². The van der Waals surface area contributed by atoms with Crippen molar-refractivity contribution in [3.05, 3.63) is 30.3 Å². The maximum atomic E-state index is 12.1. The molecule has 1 aliphatic rings. The molecular formula is C16H22OS. The van der Waals surface area contributed by atoms with E-state index < -0.39 is 0 Å². The van der Waals surface area contributed by atoms with Crippen LogP contribution < -0.4 is 0 Å². The molecule has 0 unspecified atom stereocenters. The van der Waals surface area contributed by atoms with Crippen molar-refractivity contribution in [2.75, 3.05) is 5.75 Å². The second-order valence-electron chi connectivity index (χ2n) is 5.07. The van der Waals surface area contributed by atoms with Gasteiger partial charge in [0.2, 0.25) is 0 Å². The number of thioether (sulfide) groups is 1. The van der Waals surface area contributed by atoms with Crippen LogP contribution in [0.4, 0.5) is 0 Å². The van der Waals surface area contributed by atoms with Crippen LogP contribution in [-0.4, -0.2) is 11.5 Å². The van der Waals surface area contributed by atoms with Crippen LogP contribution in [-0.2, 0) is 4.79 Å². The first-order chi connectivity index (χ1) is 8.86. The normalized spacial score (nSPS) is 17.3. The lowest BCUT2D eigenvalue weighted by Gasteiger charge is -2.12. The molecule has 98 valence electrons. The zero-order valence-corrected chi connectivity index (χ0v) is 11.8. The third kappa shape index (κ3) is 4.49. The van der Waals surface area contributed by atoms with Crippen LogP contribution in [0, 0.1) is 5.92 Å². The third-order valence-electron chi connectivity index (χ3n) is 3.67. The lowest BCUT2D eigenvalue weighted by molar-refractivity contribution is -0.122. The predicted octanol–water partition coefficient (Wildman–Crippen LogP) is 4.71. The quantitative estimate of drug-likeness (QED) is 0.565. The first-order valence-electron chi connectivity index (χ1n) is 7.07. The predicted molar refractivity (Wildman–Crippen MR) is 78.0 cm³/mol. The fourth-order valence-corrected chi connectivity index (χ4v) is 3.48. The summed E-state index contributed by atoms with van der Waals surface area (Å²) in [4.78, 5) is 13.4. The van der Waals surface area contributed by atoms with Crippen LogP contribution in [0.1, 0.15) is 44.9 Å². The van der Waals surface area contributed by atoms with E-state index in [0.717, 1.165) is 25.0 Å². The Kier molecular flexibility index (Phi) is 5.79. The van der Waals surface area contributed by atoms with Crippen molar-refractivity contribution in [2.24, 2.45) is 5.92 Å². The van der Waals surface area contributed by atoms with Gasteiger partial charge in [-0.15, -0.1) is 11.8 Å². The molecule has 1 aromatic rings. The number of hydrogen-bond donors (Lipinski definition) is 0. The zero-order valence-electron chi connectivity index (χ0n) is 10.9. The summed E-state index contributed by atoms with van der Waals surface area (Å²) >= 11 is 1.80. The van der Waals surface area contributed by atoms with E-state index in [9.17, 15) is 4.79 Å². The summed E-state index contributed by atoms with van der Waals surface area (Å²) in [5.74, 6) is 1.79. The molecule has 1 saturated carbocycles. The fraction of sp³-hybridized carbons (Fsp3) is 0.562. The number of ketones is 1. The van der Waals surface area contributed by atoms with Crippen molar-refractivity contribution in [3.8, 4) is 0 Å². The van der Waals surface area contributed by atoms with Crippen LogP contribution in [0.5, 0.6) is 0 Å².